The summed E-state index contributed by atoms with van der Waals surface area (Å²) in [5.74, 6) is -0.0695. The summed E-state index contributed by atoms with van der Waals surface area (Å²) in [6.45, 7) is 2.05. The van der Waals surface area contributed by atoms with Gasteiger partial charge < -0.3 is 5.32 Å². The highest BCUT2D eigenvalue weighted by Gasteiger charge is 2.07. The predicted octanol–water partition coefficient (Wildman–Crippen LogP) is 7.04. The molecule has 1 amide bonds. The average Bonchev–Trinajstić information content (AvgIpc) is 2.87. The summed E-state index contributed by atoms with van der Waals surface area (Å²) in [5, 5.41) is 3.07. The summed E-state index contributed by atoms with van der Waals surface area (Å²) in [6, 6.07) is 21.2. The van der Waals surface area contributed by atoms with Crippen LogP contribution in [-0.4, -0.2) is 29.4 Å². The summed E-state index contributed by atoms with van der Waals surface area (Å²) in [5.41, 5.74) is 4.58. The topological polar surface area (TPSA) is 42.0 Å². The Morgan fingerprint density at radius 2 is 1.59 bits per heavy atom. The molecule has 2 aromatic carbocycles. The van der Waals surface area contributed by atoms with Gasteiger partial charge in [0, 0.05) is 34.3 Å². The lowest BCUT2D eigenvalue weighted by molar-refractivity contribution is -0.117. The molecule has 0 radical (unpaired) electrons. The molecule has 5 heteroatoms. The first kappa shape index (κ1) is 25.9. The summed E-state index contributed by atoms with van der Waals surface area (Å²) < 4.78 is 0. The van der Waals surface area contributed by atoms with Crippen molar-refractivity contribution in [3.05, 3.63) is 108 Å². The molecule has 3 nitrogen and oxygen atoms in total. The number of carbonyl (C=O) groups is 1. The van der Waals surface area contributed by atoms with Crippen LogP contribution < -0.4 is 5.32 Å². The van der Waals surface area contributed by atoms with E-state index in [1.54, 1.807) is 35.8 Å². The van der Waals surface area contributed by atoms with Crippen molar-refractivity contribution in [2.75, 3.05) is 12.5 Å². The normalized spacial score (nSPS) is 11.9. The number of allylic oxidation sites excluding steroid dienone is 2. The molecule has 1 aromatic heterocycles. The minimum Gasteiger partial charge on any atom is -0.350 e. The van der Waals surface area contributed by atoms with E-state index < -0.39 is 0 Å². The highest BCUT2D eigenvalue weighted by atomic mass is 32.2. The van der Waals surface area contributed by atoms with Crippen LogP contribution in [0.1, 0.15) is 36.5 Å². The highest BCUT2D eigenvalue weighted by Crippen LogP contribution is 2.27. The maximum absolute atomic E-state index is 12.5. The molecule has 0 aliphatic heterocycles. The molecule has 3 aromatic rings. The molecule has 0 aliphatic carbocycles. The molecule has 0 spiro atoms. The van der Waals surface area contributed by atoms with Crippen molar-refractivity contribution in [1.82, 2.24) is 10.3 Å². The molecule has 1 unspecified atom stereocenters. The Morgan fingerprint density at radius 3 is 2.12 bits per heavy atom. The monoisotopic (exact) mass is 488 g/mol. The molecule has 1 atom stereocenters. The first-order valence-electron chi connectivity index (χ1n) is 11.5. The zero-order valence-corrected chi connectivity index (χ0v) is 21.7. The maximum atomic E-state index is 12.5. The molecule has 1 heterocycles. The second kappa shape index (κ2) is 13.8. The van der Waals surface area contributed by atoms with Crippen LogP contribution in [-0.2, 0) is 11.2 Å². The number of amides is 1. The Morgan fingerprint density at radius 1 is 0.971 bits per heavy atom. The van der Waals surface area contributed by atoms with Crippen LogP contribution >= 0.6 is 23.5 Å². The largest absolute Gasteiger partial charge is 0.350 e. The van der Waals surface area contributed by atoms with E-state index in [-0.39, 0.29) is 11.9 Å². The van der Waals surface area contributed by atoms with Crippen LogP contribution in [0.15, 0.2) is 101 Å². The van der Waals surface area contributed by atoms with Gasteiger partial charge in [0.05, 0.1) is 0 Å². The van der Waals surface area contributed by atoms with E-state index in [2.05, 4.69) is 84.3 Å². The van der Waals surface area contributed by atoms with Gasteiger partial charge in [-0.3, -0.25) is 9.78 Å². The predicted molar refractivity (Wildman–Crippen MR) is 147 cm³/mol. The third-order valence-electron chi connectivity index (χ3n) is 5.53. The van der Waals surface area contributed by atoms with Gasteiger partial charge >= 0.3 is 0 Å². The van der Waals surface area contributed by atoms with E-state index in [1.165, 1.54) is 15.4 Å². The number of nitrogens with one attached hydrogen (secondary N) is 1. The number of pyridine rings is 1. The number of hydrogen-bond donors (Lipinski definition) is 1. The number of hydrogen-bond acceptors (Lipinski definition) is 4. The quantitative estimate of drug-likeness (QED) is 0.179. The molecule has 34 heavy (non-hydrogen) atoms. The van der Waals surface area contributed by atoms with E-state index in [1.807, 2.05) is 24.4 Å². The van der Waals surface area contributed by atoms with Gasteiger partial charge in [-0.05, 0) is 91.3 Å². The Bertz CT molecular complexity index is 1040. The van der Waals surface area contributed by atoms with Gasteiger partial charge in [0.15, 0.2) is 0 Å². The second-order valence-corrected chi connectivity index (χ2v) is 9.82. The summed E-state index contributed by atoms with van der Waals surface area (Å²) in [7, 11) is 0. The van der Waals surface area contributed by atoms with Crippen LogP contribution in [0, 0.1) is 0 Å². The van der Waals surface area contributed by atoms with Crippen molar-refractivity contribution in [2.24, 2.45) is 0 Å². The Labute approximate surface area is 212 Å². The van der Waals surface area contributed by atoms with Crippen molar-refractivity contribution in [3.8, 4) is 0 Å². The van der Waals surface area contributed by atoms with Gasteiger partial charge in [-0.2, -0.15) is 0 Å². The van der Waals surface area contributed by atoms with Crippen LogP contribution in [0.3, 0.4) is 0 Å². The summed E-state index contributed by atoms with van der Waals surface area (Å²) in [6.07, 6.45) is 16.2. The number of rotatable bonds is 11. The Balaban J connectivity index is 1.64. The van der Waals surface area contributed by atoms with Gasteiger partial charge in [-0.1, -0.05) is 42.5 Å². The fourth-order valence-corrected chi connectivity index (χ4v) is 4.47. The number of benzene rings is 2. The number of carbonyl (C=O) groups excluding carboxylic acids is 1. The first-order valence-corrected chi connectivity index (χ1v) is 13.9. The molecule has 0 bridgehead atoms. The van der Waals surface area contributed by atoms with Crippen LogP contribution in [0.5, 0.6) is 0 Å². The molecule has 0 fully saturated rings. The number of thioether (sulfide) groups is 2. The third kappa shape index (κ3) is 8.23. The zero-order valence-electron chi connectivity index (χ0n) is 20.0. The third-order valence-corrected chi connectivity index (χ3v) is 7.01. The van der Waals surface area contributed by atoms with E-state index in [9.17, 15) is 4.79 Å². The zero-order chi connectivity index (χ0) is 24.2. The van der Waals surface area contributed by atoms with Gasteiger partial charge in [0.1, 0.15) is 0 Å². The van der Waals surface area contributed by atoms with Crippen molar-refractivity contribution in [3.63, 3.8) is 0 Å². The molecule has 3 rings (SSSR count). The molecule has 0 saturated heterocycles. The van der Waals surface area contributed by atoms with E-state index in [4.69, 9.17) is 0 Å². The second-order valence-electron chi connectivity index (χ2n) is 8.06. The lowest BCUT2D eigenvalue weighted by atomic mass is 9.97. The van der Waals surface area contributed by atoms with Crippen LogP contribution in [0.2, 0.25) is 0 Å². The maximum Gasteiger partial charge on any atom is 0.244 e. The van der Waals surface area contributed by atoms with Gasteiger partial charge in [-0.25, -0.2) is 0 Å². The number of aromatic nitrogens is 1. The Hall–Kier alpha value is -2.76. The molecular formula is C29H32N2OS2. The van der Waals surface area contributed by atoms with Crippen molar-refractivity contribution >= 4 is 35.0 Å². The molecular weight excluding hydrogens is 456 g/mol. The molecule has 0 aliphatic rings. The first-order chi connectivity index (χ1) is 16.6. The van der Waals surface area contributed by atoms with Crippen LogP contribution in [0.4, 0.5) is 0 Å². The number of aryl methyl sites for hydroxylation is 1. The fraction of sp³-hybridized carbons (Fsp3) is 0.241. The van der Waals surface area contributed by atoms with E-state index in [0.29, 0.717) is 0 Å². The van der Waals surface area contributed by atoms with Crippen molar-refractivity contribution < 1.29 is 4.79 Å². The van der Waals surface area contributed by atoms with Crippen molar-refractivity contribution in [1.29, 1.82) is 0 Å². The number of nitrogens with zero attached hydrogens (tertiary/aromatic N) is 1. The lowest BCUT2D eigenvalue weighted by Crippen LogP contribution is -2.31. The highest BCUT2D eigenvalue weighted by molar-refractivity contribution is 7.98. The van der Waals surface area contributed by atoms with Crippen LogP contribution in [0.25, 0.3) is 5.57 Å². The minimum absolute atomic E-state index is 0.0695. The lowest BCUT2D eigenvalue weighted by Gasteiger charge is -2.12. The molecule has 0 saturated carbocycles. The van der Waals surface area contributed by atoms with Gasteiger partial charge in [0.2, 0.25) is 5.91 Å². The smallest absolute Gasteiger partial charge is 0.244 e. The standard InChI is InChI=1S/C29H32N2OS2/c1-22(7-4-8-23-9-6-20-30-21-23)31-29(32)11-5-10-28(24-12-16-26(33-2)17-13-24)25-14-18-27(34-3)19-15-25/h5-6,9-22H,4,7-8H2,1-3H3,(H,31,32)/b11-5+. The van der Waals surface area contributed by atoms with Gasteiger partial charge in [-0.15, -0.1) is 23.5 Å². The summed E-state index contributed by atoms with van der Waals surface area (Å²) >= 11 is 3.46. The van der Waals surface area contributed by atoms with E-state index in [0.717, 1.165) is 36.0 Å². The van der Waals surface area contributed by atoms with E-state index >= 15 is 0 Å². The van der Waals surface area contributed by atoms with Gasteiger partial charge in [0.25, 0.3) is 0 Å². The summed E-state index contributed by atoms with van der Waals surface area (Å²) in [4.78, 5) is 19.1. The minimum atomic E-state index is -0.0695. The molecule has 1 N–H and O–H groups in total. The fourth-order valence-electron chi connectivity index (χ4n) is 3.65. The molecule has 176 valence electrons. The average molecular weight is 489 g/mol. The SMILES string of the molecule is CSc1ccc(C(=C/C=C/C(=O)NC(C)CCCc2cccnc2)c2ccc(SC)cc2)cc1. The Kier molecular flexibility index (Phi) is 10.5. The van der Waals surface area contributed by atoms with Crippen molar-refractivity contribution in [2.45, 2.75) is 42.0 Å².